The Morgan fingerprint density at radius 3 is 2.82 bits per heavy atom. The lowest BCUT2D eigenvalue weighted by atomic mass is 10.1. The molecule has 2 rings (SSSR count). The van der Waals surface area contributed by atoms with E-state index in [-0.39, 0.29) is 12.6 Å². The van der Waals surface area contributed by atoms with Gasteiger partial charge in [-0.15, -0.1) is 0 Å². The molecule has 4 nitrogen and oxygen atoms in total. The highest BCUT2D eigenvalue weighted by Crippen LogP contribution is 2.17. The average molecular weight is 231 g/mol. The van der Waals surface area contributed by atoms with Gasteiger partial charge >= 0.3 is 6.09 Å². The third-order valence-corrected chi connectivity index (χ3v) is 2.69. The van der Waals surface area contributed by atoms with Crippen LogP contribution in [0.15, 0.2) is 43.0 Å². The number of amides is 2. The van der Waals surface area contributed by atoms with Gasteiger partial charge in [0.1, 0.15) is 6.61 Å². The molecular formula is C13H13NO3. The normalized spacial score (nSPS) is 18.9. The van der Waals surface area contributed by atoms with Crippen LogP contribution in [0.5, 0.6) is 0 Å². The summed E-state index contributed by atoms with van der Waals surface area (Å²) in [7, 11) is 0. The minimum Gasteiger partial charge on any atom is -0.447 e. The van der Waals surface area contributed by atoms with Gasteiger partial charge in [0, 0.05) is 0 Å². The Kier molecular flexibility index (Phi) is 3.23. The van der Waals surface area contributed by atoms with Crippen LogP contribution in [0.25, 0.3) is 0 Å². The van der Waals surface area contributed by atoms with Gasteiger partial charge in [0.25, 0.3) is 5.91 Å². The van der Waals surface area contributed by atoms with Crippen LogP contribution in [0.1, 0.15) is 5.56 Å². The second-order valence-corrected chi connectivity index (χ2v) is 3.83. The van der Waals surface area contributed by atoms with Gasteiger partial charge in [-0.05, 0) is 18.1 Å². The van der Waals surface area contributed by atoms with Crippen LogP contribution in [0.2, 0.25) is 0 Å². The predicted octanol–water partition coefficient (Wildman–Crippen LogP) is 1.76. The van der Waals surface area contributed by atoms with Crippen molar-refractivity contribution in [2.24, 2.45) is 0 Å². The summed E-state index contributed by atoms with van der Waals surface area (Å²) >= 11 is 0. The molecule has 1 saturated heterocycles. The first kappa shape index (κ1) is 11.4. The Morgan fingerprint density at radius 2 is 2.18 bits per heavy atom. The monoisotopic (exact) mass is 231 g/mol. The molecular weight excluding hydrogens is 218 g/mol. The van der Waals surface area contributed by atoms with Crippen LogP contribution in [0, 0.1) is 0 Å². The van der Waals surface area contributed by atoms with Crippen molar-refractivity contribution < 1.29 is 14.3 Å². The summed E-state index contributed by atoms with van der Waals surface area (Å²) in [6.45, 7) is 3.63. The molecule has 0 aromatic heterocycles. The molecule has 0 radical (unpaired) electrons. The molecule has 2 amide bonds. The number of ether oxygens (including phenoxy) is 1. The molecule has 1 fully saturated rings. The Hall–Kier alpha value is -2.10. The summed E-state index contributed by atoms with van der Waals surface area (Å²) in [6.07, 6.45) is 1.15. The second kappa shape index (κ2) is 4.82. The molecule has 0 saturated carbocycles. The first-order chi connectivity index (χ1) is 8.22. The lowest BCUT2D eigenvalue weighted by Gasteiger charge is -2.17. The zero-order valence-electron chi connectivity index (χ0n) is 9.33. The van der Waals surface area contributed by atoms with Crippen molar-refractivity contribution in [1.82, 2.24) is 4.90 Å². The van der Waals surface area contributed by atoms with Crippen molar-refractivity contribution in [2.75, 3.05) is 6.61 Å². The van der Waals surface area contributed by atoms with E-state index < -0.39 is 12.0 Å². The smallest absolute Gasteiger partial charge is 0.417 e. The Morgan fingerprint density at radius 1 is 1.47 bits per heavy atom. The van der Waals surface area contributed by atoms with E-state index in [4.69, 9.17) is 4.74 Å². The fourth-order valence-corrected chi connectivity index (χ4v) is 1.87. The summed E-state index contributed by atoms with van der Waals surface area (Å²) in [4.78, 5) is 24.1. The maximum absolute atomic E-state index is 11.5. The van der Waals surface area contributed by atoms with Crippen LogP contribution < -0.4 is 0 Å². The highest BCUT2D eigenvalue weighted by atomic mass is 16.6. The molecule has 1 aliphatic heterocycles. The molecule has 0 unspecified atom stereocenters. The highest BCUT2D eigenvalue weighted by Gasteiger charge is 2.36. The van der Waals surface area contributed by atoms with Crippen LogP contribution >= 0.6 is 0 Å². The van der Waals surface area contributed by atoms with Crippen molar-refractivity contribution in [3.05, 3.63) is 48.6 Å². The number of rotatable bonds is 3. The first-order valence-corrected chi connectivity index (χ1v) is 5.38. The van der Waals surface area contributed by atoms with Gasteiger partial charge in [0.15, 0.2) is 0 Å². The molecule has 1 aromatic carbocycles. The van der Waals surface area contributed by atoms with Gasteiger partial charge in [-0.2, -0.15) is 0 Å². The molecule has 17 heavy (non-hydrogen) atoms. The molecule has 0 bridgehead atoms. The van der Waals surface area contributed by atoms with Crippen LogP contribution in [-0.4, -0.2) is 29.5 Å². The summed E-state index contributed by atoms with van der Waals surface area (Å²) in [5.41, 5.74) is 1.07. The topological polar surface area (TPSA) is 46.6 Å². The van der Waals surface area contributed by atoms with Crippen molar-refractivity contribution >= 4 is 12.0 Å². The summed E-state index contributed by atoms with van der Waals surface area (Å²) in [5.74, 6) is -0.409. The van der Waals surface area contributed by atoms with E-state index in [1.165, 1.54) is 0 Å². The van der Waals surface area contributed by atoms with Gasteiger partial charge in [0.05, 0.1) is 6.04 Å². The van der Waals surface area contributed by atoms with E-state index in [0.29, 0.717) is 6.42 Å². The van der Waals surface area contributed by atoms with Crippen LogP contribution in [0.3, 0.4) is 0 Å². The zero-order chi connectivity index (χ0) is 12.3. The molecule has 1 heterocycles. The first-order valence-electron chi connectivity index (χ1n) is 5.38. The summed E-state index contributed by atoms with van der Waals surface area (Å²) in [5, 5.41) is 0. The quantitative estimate of drug-likeness (QED) is 0.745. The van der Waals surface area contributed by atoms with Gasteiger partial charge in [-0.3, -0.25) is 4.79 Å². The van der Waals surface area contributed by atoms with E-state index in [1.54, 1.807) is 0 Å². The molecule has 4 heteroatoms. The number of hydrogen-bond acceptors (Lipinski definition) is 3. The maximum Gasteiger partial charge on any atom is 0.417 e. The summed E-state index contributed by atoms with van der Waals surface area (Å²) in [6, 6.07) is 9.44. The van der Waals surface area contributed by atoms with Gasteiger partial charge in [0.2, 0.25) is 0 Å². The van der Waals surface area contributed by atoms with Gasteiger partial charge < -0.3 is 4.74 Å². The number of nitrogens with zero attached hydrogens (tertiary/aromatic N) is 1. The van der Waals surface area contributed by atoms with Crippen LogP contribution in [0.4, 0.5) is 4.79 Å². The minimum atomic E-state index is -0.587. The van der Waals surface area contributed by atoms with E-state index >= 15 is 0 Å². The number of imide groups is 1. The SMILES string of the molecule is C=CC(=O)N1C(=O)OC[C@@H]1Cc1ccccc1. The average Bonchev–Trinajstić information content (AvgIpc) is 2.71. The van der Waals surface area contributed by atoms with Crippen molar-refractivity contribution in [1.29, 1.82) is 0 Å². The van der Waals surface area contributed by atoms with E-state index in [9.17, 15) is 9.59 Å². The van der Waals surface area contributed by atoms with E-state index in [1.807, 2.05) is 30.3 Å². The Balaban J connectivity index is 2.13. The molecule has 1 atom stereocenters. The predicted molar refractivity (Wildman–Crippen MR) is 62.3 cm³/mol. The van der Waals surface area contributed by atoms with Crippen molar-refractivity contribution in [3.8, 4) is 0 Å². The highest BCUT2D eigenvalue weighted by molar-refractivity contribution is 5.99. The standard InChI is InChI=1S/C13H13NO3/c1-2-12(15)14-11(9-17-13(14)16)8-10-6-4-3-5-7-10/h2-7,11H,1,8-9H2/t11-/m0/s1. The molecule has 0 N–H and O–H groups in total. The van der Waals surface area contributed by atoms with Crippen molar-refractivity contribution in [3.63, 3.8) is 0 Å². The Bertz CT molecular complexity index is 441. The Labute approximate surface area is 99.5 Å². The van der Waals surface area contributed by atoms with Gasteiger partial charge in [-0.25, -0.2) is 9.69 Å². The van der Waals surface area contributed by atoms with Crippen molar-refractivity contribution in [2.45, 2.75) is 12.5 Å². The number of carbonyl (C=O) groups is 2. The molecule has 0 aliphatic carbocycles. The van der Waals surface area contributed by atoms with Crippen LogP contribution in [-0.2, 0) is 16.0 Å². The summed E-state index contributed by atoms with van der Waals surface area (Å²) < 4.78 is 4.89. The lowest BCUT2D eigenvalue weighted by Crippen LogP contribution is -2.39. The van der Waals surface area contributed by atoms with Gasteiger partial charge in [-0.1, -0.05) is 36.9 Å². The zero-order valence-corrected chi connectivity index (χ0v) is 9.33. The fourth-order valence-electron chi connectivity index (χ4n) is 1.87. The largest absolute Gasteiger partial charge is 0.447 e. The molecule has 88 valence electrons. The number of cyclic esters (lactones) is 1. The number of benzene rings is 1. The minimum absolute atomic E-state index is 0.240. The third kappa shape index (κ3) is 2.36. The number of hydrogen-bond donors (Lipinski definition) is 0. The lowest BCUT2D eigenvalue weighted by molar-refractivity contribution is -0.124. The van der Waals surface area contributed by atoms with E-state index in [2.05, 4.69) is 6.58 Å². The fraction of sp³-hybridized carbons (Fsp3) is 0.231. The number of carbonyl (C=O) groups excluding carboxylic acids is 2. The second-order valence-electron chi connectivity index (χ2n) is 3.83. The maximum atomic E-state index is 11.5. The third-order valence-electron chi connectivity index (χ3n) is 2.69. The molecule has 1 aliphatic rings. The molecule has 0 spiro atoms. The van der Waals surface area contributed by atoms with E-state index in [0.717, 1.165) is 16.5 Å². The molecule has 1 aromatic rings.